The highest BCUT2D eigenvalue weighted by atomic mass is 16.2. The molecule has 25 heavy (non-hydrogen) atoms. The molecule has 0 atom stereocenters. The number of carbonyl (C=O) groups excluding carboxylic acids is 1. The summed E-state index contributed by atoms with van der Waals surface area (Å²) in [7, 11) is 0. The highest BCUT2D eigenvalue weighted by molar-refractivity contribution is 5.92. The molecule has 0 spiro atoms. The second kappa shape index (κ2) is 7.21. The Hall–Kier alpha value is -2.44. The molecule has 134 valence electrons. The number of H-pyrrole nitrogens is 1. The second-order valence-corrected chi connectivity index (χ2v) is 7.13. The Bertz CT molecular complexity index is 800. The first kappa shape index (κ1) is 17.4. The van der Waals surface area contributed by atoms with Gasteiger partial charge in [-0.05, 0) is 37.7 Å². The standard InChI is InChI=1S/C18H25N5O2/c1-12(2)15-9-17(24)23(11-19-15)10-14-4-6-22(7-5-14)18(25)16-8-13(3)20-21-16/h8-9,11-12,14H,4-7,10H2,1-3H3,(H,20,21). The first-order valence-electron chi connectivity index (χ1n) is 8.81. The van der Waals surface area contributed by atoms with E-state index in [1.54, 1.807) is 23.0 Å². The van der Waals surface area contributed by atoms with Crippen molar-refractivity contribution in [3.8, 4) is 0 Å². The molecule has 1 amide bonds. The number of amides is 1. The van der Waals surface area contributed by atoms with Crippen molar-refractivity contribution in [1.29, 1.82) is 0 Å². The molecule has 1 aliphatic rings. The van der Waals surface area contributed by atoms with Gasteiger partial charge in [-0.1, -0.05) is 13.8 Å². The third-order valence-electron chi connectivity index (χ3n) is 4.77. The number of piperidine rings is 1. The number of hydrogen-bond acceptors (Lipinski definition) is 4. The number of aromatic amines is 1. The molecule has 0 bridgehead atoms. The van der Waals surface area contributed by atoms with Crippen LogP contribution in [0, 0.1) is 12.8 Å². The molecule has 2 aromatic rings. The third-order valence-corrected chi connectivity index (χ3v) is 4.77. The number of nitrogens with one attached hydrogen (secondary N) is 1. The Labute approximate surface area is 147 Å². The Kier molecular flexibility index (Phi) is 5.01. The predicted octanol–water partition coefficient (Wildman–Crippen LogP) is 1.95. The molecular weight excluding hydrogens is 318 g/mol. The van der Waals surface area contributed by atoms with Crippen LogP contribution < -0.4 is 5.56 Å². The van der Waals surface area contributed by atoms with Gasteiger partial charge in [0.1, 0.15) is 5.69 Å². The monoisotopic (exact) mass is 343 g/mol. The van der Waals surface area contributed by atoms with E-state index >= 15 is 0 Å². The number of rotatable bonds is 4. The van der Waals surface area contributed by atoms with Gasteiger partial charge in [-0.25, -0.2) is 4.98 Å². The van der Waals surface area contributed by atoms with Crippen LogP contribution in [0.15, 0.2) is 23.3 Å². The summed E-state index contributed by atoms with van der Waals surface area (Å²) < 4.78 is 1.69. The lowest BCUT2D eigenvalue weighted by atomic mass is 9.96. The van der Waals surface area contributed by atoms with Crippen molar-refractivity contribution in [2.75, 3.05) is 13.1 Å². The molecule has 3 heterocycles. The summed E-state index contributed by atoms with van der Waals surface area (Å²) in [5.74, 6) is 0.611. The van der Waals surface area contributed by atoms with Crippen LogP contribution in [-0.2, 0) is 6.54 Å². The lowest BCUT2D eigenvalue weighted by molar-refractivity contribution is 0.0676. The van der Waals surface area contributed by atoms with Gasteiger partial charge >= 0.3 is 0 Å². The van der Waals surface area contributed by atoms with Crippen LogP contribution in [0.4, 0.5) is 0 Å². The van der Waals surface area contributed by atoms with Gasteiger partial charge in [-0.15, -0.1) is 0 Å². The number of aryl methyl sites for hydroxylation is 1. The molecule has 1 saturated heterocycles. The van der Waals surface area contributed by atoms with Gasteiger partial charge in [0.25, 0.3) is 11.5 Å². The van der Waals surface area contributed by atoms with Gasteiger partial charge in [0.05, 0.1) is 12.0 Å². The fourth-order valence-electron chi connectivity index (χ4n) is 3.18. The van der Waals surface area contributed by atoms with E-state index < -0.39 is 0 Å². The van der Waals surface area contributed by atoms with Gasteiger partial charge in [0.2, 0.25) is 0 Å². The molecule has 1 N–H and O–H groups in total. The fourth-order valence-corrected chi connectivity index (χ4v) is 3.18. The summed E-state index contributed by atoms with van der Waals surface area (Å²) in [4.78, 5) is 30.9. The number of aromatic nitrogens is 4. The first-order chi connectivity index (χ1) is 11.9. The van der Waals surface area contributed by atoms with Crippen LogP contribution in [-0.4, -0.2) is 43.6 Å². The van der Waals surface area contributed by atoms with Crippen molar-refractivity contribution in [3.05, 3.63) is 45.9 Å². The van der Waals surface area contributed by atoms with Crippen LogP contribution in [0.5, 0.6) is 0 Å². The Morgan fingerprint density at radius 2 is 2.04 bits per heavy atom. The number of nitrogens with zero attached hydrogens (tertiary/aromatic N) is 4. The quantitative estimate of drug-likeness (QED) is 0.920. The first-order valence-corrected chi connectivity index (χ1v) is 8.81. The van der Waals surface area contributed by atoms with Gasteiger partial charge in [-0.3, -0.25) is 19.3 Å². The SMILES string of the molecule is Cc1cc(C(=O)N2CCC(Cn3cnc(C(C)C)cc3=O)CC2)n[nH]1. The lowest BCUT2D eigenvalue weighted by Crippen LogP contribution is -2.40. The molecule has 7 heteroatoms. The van der Waals surface area contributed by atoms with E-state index in [4.69, 9.17) is 0 Å². The molecule has 0 aromatic carbocycles. The number of likely N-dealkylation sites (tertiary alicyclic amines) is 1. The Morgan fingerprint density at radius 1 is 1.32 bits per heavy atom. The van der Waals surface area contributed by atoms with Crippen LogP contribution in [0.25, 0.3) is 0 Å². The van der Waals surface area contributed by atoms with Crippen LogP contribution in [0.2, 0.25) is 0 Å². The summed E-state index contributed by atoms with van der Waals surface area (Å²) in [5, 5.41) is 6.85. The maximum atomic E-state index is 12.4. The van der Waals surface area contributed by atoms with E-state index in [0.717, 1.165) is 24.2 Å². The maximum absolute atomic E-state index is 12.4. The minimum absolute atomic E-state index is 0.00389. The van der Waals surface area contributed by atoms with E-state index in [2.05, 4.69) is 15.2 Å². The molecule has 1 fully saturated rings. The van der Waals surface area contributed by atoms with Gasteiger partial charge in [0, 0.05) is 31.4 Å². The minimum atomic E-state index is -0.0251. The van der Waals surface area contributed by atoms with E-state index in [-0.39, 0.29) is 17.4 Å². The van der Waals surface area contributed by atoms with Crippen molar-refractivity contribution in [3.63, 3.8) is 0 Å². The third kappa shape index (κ3) is 3.97. The zero-order valence-electron chi connectivity index (χ0n) is 15.0. The fraction of sp³-hybridized carbons (Fsp3) is 0.556. The van der Waals surface area contributed by atoms with E-state index in [9.17, 15) is 9.59 Å². The highest BCUT2D eigenvalue weighted by Crippen LogP contribution is 2.20. The van der Waals surface area contributed by atoms with Crippen LogP contribution in [0.3, 0.4) is 0 Å². The molecule has 0 aliphatic carbocycles. The summed E-state index contributed by atoms with van der Waals surface area (Å²) in [6.45, 7) is 7.99. The largest absolute Gasteiger partial charge is 0.337 e. The molecule has 0 unspecified atom stereocenters. The average molecular weight is 343 g/mol. The molecule has 2 aromatic heterocycles. The van der Waals surface area contributed by atoms with Crippen molar-refractivity contribution in [2.24, 2.45) is 5.92 Å². The van der Waals surface area contributed by atoms with Crippen LogP contribution >= 0.6 is 0 Å². The molecule has 0 saturated carbocycles. The molecule has 1 aliphatic heterocycles. The summed E-state index contributed by atoms with van der Waals surface area (Å²) in [6.07, 6.45) is 3.42. The molecule has 0 radical (unpaired) electrons. The molecule has 7 nitrogen and oxygen atoms in total. The highest BCUT2D eigenvalue weighted by Gasteiger charge is 2.25. The second-order valence-electron chi connectivity index (χ2n) is 7.13. The van der Waals surface area contributed by atoms with Crippen LogP contribution in [0.1, 0.15) is 54.5 Å². The van der Waals surface area contributed by atoms with Crippen molar-refractivity contribution in [2.45, 2.75) is 46.1 Å². The smallest absolute Gasteiger partial charge is 0.274 e. The number of hydrogen-bond donors (Lipinski definition) is 1. The predicted molar refractivity (Wildman–Crippen MR) is 94.5 cm³/mol. The van der Waals surface area contributed by atoms with E-state index in [1.807, 2.05) is 25.7 Å². The summed E-state index contributed by atoms with van der Waals surface area (Å²) in [5.41, 5.74) is 2.19. The average Bonchev–Trinajstić information content (AvgIpc) is 3.03. The topological polar surface area (TPSA) is 83.9 Å². The number of carbonyl (C=O) groups is 1. The zero-order valence-corrected chi connectivity index (χ0v) is 15.0. The normalized spacial score (nSPS) is 15.8. The van der Waals surface area contributed by atoms with Crippen molar-refractivity contribution in [1.82, 2.24) is 24.6 Å². The van der Waals surface area contributed by atoms with Crippen molar-refractivity contribution < 1.29 is 4.79 Å². The molecular formula is C18H25N5O2. The Balaban J connectivity index is 1.58. The maximum Gasteiger partial charge on any atom is 0.274 e. The Morgan fingerprint density at radius 3 is 2.60 bits per heavy atom. The van der Waals surface area contributed by atoms with Crippen molar-refractivity contribution >= 4 is 5.91 Å². The van der Waals surface area contributed by atoms with Gasteiger partial charge in [0.15, 0.2) is 0 Å². The summed E-state index contributed by atoms with van der Waals surface area (Å²) >= 11 is 0. The van der Waals surface area contributed by atoms with E-state index in [1.165, 1.54) is 0 Å². The van der Waals surface area contributed by atoms with Gasteiger partial charge in [-0.2, -0.15) is 5.10 Å². The van der Waals surface area contributed by atoms with E-state index in [0.29, 0.717) is 31.2 Å². The summed E-state index contributed by atoms with van der Waals surface area (Å²) in [6, 6.07) is 3.40. The molecule has 3 rings (SSSR count). The zero-order chi connectivity index (χ0) is 18.0. The lowest BCUT2D eigenvalue weighted by Gasteiger charge is -2.31. The van der Waals surface area contributed by atoms with Gasteiger partial charge < -0.3 is 4.90 Å². The minimum Gasteiger partial charge on any atom is -0.337 e.